The number of fused-ring (bicyclic) bond motifs is 3. The number of halogens is 1. The highest BCUT2D eigenvalue weighted by molar-refractivity contribution is 9.10. The molecule has 6 rings (SSSR count). The molecule has 0 atom stereocenters. The number of hydrogen-bond donors (Lipinski definition) is 0. The van der Waals surface area contributed by atoms with E-state index in [-0.39, 0.29) is 0 Å². The lowest BCUT2D eigenvalue weighted by molar-refractivity contribution is 1.18. The van der Waals surface area contributed by atoms with Gasteiger partial charge in [0.05, 0.1) is 11.0 Å². The maximum absolute atomic E-state index is 3.63. The van der Waals surface area contributed by atoms with Crippen molar-refractivity contribution in [2.75, 3.05) is 0 Å². The van der Waals surface area contributed by atoms with E-state index in [0.717, 1.165) is 10.2 Å². The number of aromatic nitrogens is 1. The Morgan fingerprint density at radius 2 is 1.16 bits per heavy atom. The van der Waals surface area contributed by atoms with Gasteiger partial charge in [-0.15, -0.1) is 0 Å². The lowest BCUT2D eigenvalue weighted by atomic mass is 9.94. The summed E-state index contributed by atoms with van der Waals surface area (Å²) in [6, 6.07) is 43.3. The van der Waals surface area contributed by atoms with Gasteiger partial charge < -0.3 is 4.57 Å². The van der Waals surface area contributed by atoms with Crippen molar-refractivity contribution >= 4 is 37.7 Å². The molecule has 0 spiro atoms. The molecule has 0 aliphatic carbocycles. The van der Waals surface area contributed by atoms with Crippen LogP contribution in [-0.2, 0) is 0 Å². The summed E-state index contributed by atoms with van der Waals surface area (Å²) in [6.07, 6.45) is 0. The van der Waals surface area contributed by atoms with E-state index in [1.165, 1.54) is 44.1 Å². The van der Waals surface area contributed by atoms with Crippen LogP contribution in [0.3, 0.4) is 0 Å². The van der Waals surface area contributed by atoms with Crippen LogP contribution in [0.25, 0.3) is 49.7 Å². The molecular formula is C30H20BrN. The van der Waals surface area contributed by atoms with Gasteiger partial charge in [-0.3, -0.25) is 0 Å². The predicted octanol–water partition coefficient (Wildman–Crippen LogP) is 8.88. The summed E-state index contributed by atoms with van der Waals surface area (Å²) in [5.74, 6) is 0. The molecule has 1 nitrogen and oxygen atoms in total. The maximum Gasteiger partial charge on any atom is 0.0541 e. The van der Waals surface area contributed by atoms with E-state index >= 15 is 0 Å². The van der Waals surface area contributed by atoms with Crippen LogP contribution in [0.1, 0.15) is 0 Å². The highest BCUT2D eigenvalue weighted by Gasteiger charge is 2.14. The molecule has 32 heavy (non-hydrogen) atoms. The average molecular weight is 474 g/mol. The highest BCUT2D eigenvalue weighted by Crippen LogP contribution is 2.38. The predicted molar refractivity (Wildman–Crippen MR) is 139 cm³/mol. The van der Waals surface area contributed by atoms with Gasteiger partial charge in [0.2, 0.25) is 0 Å². The van der Waals surface area contributed by atoms with E-state index in [2.05, 4.69) is 142 Å². The first kappa shape index (κ1) is 19.1. The van der Waals surface area contributed by atoms with Gasteiger partial charge in [-0.2, -0.15) is 0 Å². The molecule has 2 heteroatoms. The largest absolute Gasteiger partial charge is 0.309 e. The van der Waals surface area contributed by atoms with Crippen LogP contribution in [0.2, 0.25) is 0 Å². The lowest BCUT2D eigenvalue weighted by Gasteiger charge is -2.11. The Morgan fingerprint density at radius 3 is 1.97 bits per heavy atom. The van der Waals surface area contributed by atoms with Gasteiger partial charge in [0.25, 0.3) is 0 Å². The molecule has 0 saturated carbocycles. The van der Waals surface area contributed by atoms with Gasteiger partial charge in [-0.1, -0.05) is 101 Å². The lowest BCUT2D eigenvalue weighted by Crippen LogP contribution is -1.93. The van der Waals surface area contributed by atoms with Gasteiger partial charge in [-0.25, -0.2) is 0 Å². The van der Waals surface area contributed by atoms with E-state index in [4.69, 9.17) is 0 Å². The Kier molecular flexibility index (Phi) is 4.66. The molecule has 1 heterocycles. The second-order valence-electron chi connectivity index (χ2n) is 7.98. The third kappa shape index (κ3) is 3.16. The minimum Gasteiger partial charge on any atom is -0.309 e. The van der Waals surface area contributed by atoms with Crippen LogP contribution in [0.15, 0.2) is 126 Å². The van der Waals surface area contributed by atoms with Crippen molar-refractivity contribution in [1.82, 2.24) is 4.57 Å². The minimum atomic E-state index is 1.08. The zero-order valence-corrected chi connectivity index (χ0v) is 19.0. The molecule has 0 radical (unpaired) electrons. The summed E-state index contributed by atoms with van der Waals surface area (Å²) in [6.45, 7) is 0. The van der Waals surface area contributed by atoms with Crippen LogP contribution < -0.4 is 0 Å². The molecule has 0 aliphatic rings. The zero-order chi connectivity index (χ0) is 21.5. The van der Waals surface area contributed by atoms with Gasteiger partial charge in [0, 0.05) is 20.9 Å². The summed E-state index contributed by atoms with van der Waals surface area (Å²) >= 11 is 3.63. The second kappa shape index (κ2) is 7.81. The molecule has 152 valence electrons. The summed E-state index contributed by atoms with van der Waals surface area (Å²) in [5, 5.41) is 2.53. The third-order valence-electron chi connectivity index (χ3n) is 6.06. The fraction of sp³-hybridized carbons (Fsp3) is 0. The number of rotatable bonds is 3. The average Bonchev–Trinajstić information content (AvgIpc) is 3.18. The van der Waals surface area contributed by atoms with Gasteiger partial charge in [0.15, 0.2) is 0 Å². The van der Waals surface area contributed by atoms with Crippen molar-refractivity contribution < 1.29 is 0 Å². The van der Waals surface area contributed by atoms with E-state index in [9.17, 15) is 0 Å². The van der Waals surface area contributed by atoms with Crippen LogP contribution in [0.4, 0.5) is 0 Å². The normalized spacial score (nSPS) is 11.3. The summed E-state index contributed by atoms with van der Waals surface area (Å²) < 4.78 is 3.43. The zero-order valence-electron chi connectivity index (χ0n) is 17.4. The Bertz CT molecular complexity index is 1580. The van der Waals surface area contributed by atoms with E-state index < -0.39 is 0 Å². The van der Waals surface area contributed by atoms with Crippen molar-refractivity contribution in [2.45, 2.75) is 0 Å². The molecule has 0 amide bonds. The number of para-hydroxylation sites is 1. The smallest absolute Gasteiger partial charge is 0.0541 e. The molecule has 0 fully saturated rings. The van der Waals surface area contributed by atoms with Gasteiger partial charge in [-0.05, 0) is 58.7 Å². The fourth-order valence-corrected chi connectivity index (χ4v) is 5.03. The fourth-order valence-electron chi connectivity index (χ4n) is 4.64. The van der Waals surface area contributed by atoms with Gasteiger partial charge >= 0.3 is 0 Å². The highest BCUT2D eigenvalue weighted by atomic mass is 79.9. The maximum atomic E-state index is 3.63. The van der Waals surface area contributed by atoms with Gasteiger partial charge in [0.1, 0.15) is 0 Å². The van der Waals surface area contributed by atoms with Crippen LogP contribution in [0, 0.1) is 0 Å². The summed E-state index contributed by atoms with van der Waals surface area (Å²) in [4.78, 5) is 0. The van der Waals surface area contributed by atoms with Crippen molar-refractivity contribution in [3.63, 3.8) is 0 Å². The first-order chi connectivity index (χ1) is 15.8. The van der Waals surface area contributed by atoms with Crippen LogP contribution in [-0.4, -0.2) is 4.57 Å². The van der Waals surface area contributed by atoms with E-state index in [1.54, 1.807) is 0 Å². The quantitative estimate of drug-likeness (QED) is 0.241. The monoisotopic (exact) mass is 473 g/mol. The molecule has 0 aliphatic heterocycles. The van der Waals surface area contributed by atoms with E-state index in [1.807, 2.05) is 0 Å². The molecule has 6 aromatic rings. The molecule has 0 unspecified atom stereocenters. The summed E-state index contributed by atoms with van der Waals surface area (Å²) in [5.41, 5.74) is 8.55. The van der Waals surface area contributed by atoms with Crippen molar-refractivity contribution in [3.8, 4) is 27.9 Å². The standard InChI is InChI=1S/C30H20BrN/c31-23-11-8-12-24(20-23)32-29-16-7-6-15-27(29)28-19-22(17-18-30(28)32)26-14-5-4-13-25(26)21-9-2-1-3-10-21/h1-20H. The second-order valence-corrected chi connectivity index (χ2v) is 8.89. The first-order valence-corrected chi connectivity index (χ1v) is 11.5. The van der Waals surface area contributed by atoms with Crippen molar-refractivity contribution in [3.05, 3.63) is 126 Å². The third-order valence-corrected chi connectivity index (χ3v) is 6.56. The summed E-state index contributed by atoms with van der Waals surface area (Å²) in [7, 11) is 0. The van der Waals surface area contributed by atoms with E-state index in [0.29, 0.717) is 0 Å². The first-order valence-electron chi connectivity index (χ1n) is 10.7. The SMILES string of the molecule is Brc1cccc(-n2c3ccccc3c3cc(-c4ccccc4-c4ccccc4)ccc32)c1. The Balaban J connectivity index is 1.62. The number of benzene rings is 5. The molecule has 0 bridgehead atoms. The molecule has 0 N–H and O–H groups in total. The van der Waals surface area contributed by atoms with Crippen molar-refractivity contribution in [1.29, 1.82) is 0 Å². The number of hydrogen-bond acceptors (Lipinski definition) is 0. The molecule has 0 saturated heterocycles. The molecule has 1 aromatic heterocycles. The van der Waals surface area contributed by atoms with Crippen molar-refractivity contribution in [2.24, 2.45) is 0 Å². The minimum absolute atomic E-state index is 1.08. The topological polar surface area (TPSA) is 4.93 Å². The molecule has 5 aromatic carbocycles. The van der Waals surface area contributed by atoms with Crippen LogP contribution in [0.5, 0.6) is 0 Å². The van der Waals surface area contributed by atoms with Crippen LogP contribution >= 0.6 is 15.9 Å². The Labute approximate surface area is 195 Å². The number of nitrogens with zero attached hydrogens (tertiary/aromatic N) is 1. The Morgan fingerprint density at radius 1 is 0.469 bits per heavy atom. The molecular weight excluding hydrogens is 454 g/mol. The Hall–Kier alpha value is -3.62.